The highest BCUT2D eigenvalue weighted by Crippen LogP contribution is 2.37. The third kappa shape index (κ3) is 1.41. The Morgan fingerprint density at radius 3 is 2.69 bits per heavy atom. The highest BCUT2D eigenvalue weighted by molar-refractivity contribution is 8.03. The molecule has 76 valence electrons. The molecular weight excluding hydrogens is 214 g/mol. The van der Waals surface area contributed by atoms with Crippen LogP contribution in [0.25, 0.3) is 11.1 Å². The zero-order valence-corrected chi connectivity index (χ0v) is 9.42. The number of thiocyanates is 1. The Morgan fingerprint density at radius 2 is 1.81 bits per heavy atom. The molecule has 0 amide bonds. The largest absolute Gasteiger partial charge is 0.185 e. The van der Waals surface area contributed by atoms with Crippen LogP contribution in [0.4, 0.5) is 0 Å². The van der Waals surface area contributed by atoms with E-state index in [1.807, 2.05) is 6.07 Å². The lowest BCUT2D eigenvalue weighted by atomic mass is 10.1. The van der Waals surface area contributed by atoms with Gasteiger partial charge in [0.05, 0.1) is 0 Å². The summed E-state index contributed by atoms with van der Waals surface area (Å²) in [6.07, 6.45) is 0.991. The minimum Gasteiger partial charge on any atom is -0.185 e. The van der Waals surface area contributed by atoms with Gasteiger partial charge < -0.3 is 0 Å². The SMILES string of the molecule is N#CSc1ccc2c(c1)Cc1ccccc1-2. The van der Waals surface area contributed by atoms with Gasteiger partial charge in [-0.1, -0.05) is 30.3 Å². The molecule has 1 nitrogen and oxygen atoms in total. The highest BCUT2D eigenvalue weighted by Gasteiger charge is 2.17. The van der Waals surface area contributed by atoms with Crippen LogP contribution >= 0.6 is 11.8 Å². The van der Waals surface area contributed by atoms with Crippen LogP contribution < -0.4 is 0 Å². The van der Waals surface area contributed by atoms with Gasteiger partial charge in [0.15, 0.2) is 0 Å². The van der Waals surface area contributed by atoms with Crippen molar-refractivity contribution in [2.75, 3.05) is 0 Å². The van der Waals surface area contributed by atoms with Crippen molar-refractivity contribution in [3.63, 3.8) is 0 Å². The van der Waals surface area contributed by atoms with Crippen molar-refractivity contribution in [1.82, 2.24) is 0 Å². The normalized spacial score (nSPS) is 11.7. The smallest absolute Gasteiger partial charge is 0.138 e. The molecule has 1 aliphatic carbocycles. The first-order chi connectivity index (χ1) is 7.88. The van der Waals surface area contributed by atoms with Gasteiger partial charge in [0.25, 0.3) is 0 Å². The van der Waals surface area contributed by atoms with E-state index in [0.717, 1.165) is 11.3 Å². The average molecular weight is 223 g/mol. The molecule has 0 atom stereocenters. The summed E-state index contributed by atoms with van der Waals surface area (Å²) in [4.78, 5) is 1.04. The van der Waals surface area contributed by atoms with Crippen molar-refractivity contribution in [2.45, 2.75) is 11.3 Å². The van der Waals surface area contributed by atoms with Crippen molar-refractivity contribution in [3.05, 3.63) is 53.6 Å². The Balaban J connectivity index is 2.11. The van der Waals surface area contributed by atoms with Gasteiger partial charge in [-0.2, -0.15) is 5.26 Å². The first-order valence-corrected chi connectivity index (χ1v) is 5.97. The van der Waals surface area contributed by atoms with Crippen LogP contribution in [0.15, 0.2) is 47.4 Å². The van der Waals surface area contributed by atoms with Gasteiger partial charge >= 0.3 is 0 Å². The predicted octanol–water partition coefficient (Wildman–Crippen LogP) is 3.83. The van der Waals surface area contributed by atoms with Crippen LogP contribution in [0.2, 0.25) is 0 Å². The van der Waals surface area contributed by atoms with Gasteiger partial charge in [-0.3, -0.25) is 0 Å². The van der Waals surface area contributed by atoms with Crippen LogP contribution in [0, 0.1) is 10.7 Å². The molecule has 2 aromatic carbocycles. The quantitative estimate of drug-likeness (QED) is 0.462. The lowest BCUT2D eigenvalue weighted by molar-refractivity contribution is 1.24. The van der Waals surface area contributed by atoms with Crippen LogP contribution in [-0.4, -0.2) is 0 Å². The topological polar surface area (TPSA) is 23.8 Å². The Labute approximate surface area is 98.7 Å². The zero-order chi connectivity index (χ0) is 11.0. The number of nitrogens with zero attached hydrogens (tertiary/aromatic N) is 1. The fraction of sp³-hybridized carbons (Fsp3) is 0.0714. The number of hydrogen-bond acceptors (Lipinski definition) is 2. The van der Waals surface area contributed by atoms with Crippen LogP contribution in [-0.2, 0) is 6.42 Å². The van der Waals surface area contributed by atoms with Crippen molar-refractivity contribution in [1.29, 1.82) is 5.26 Å². The standard InChI is InChI=1S/C14H9NS/c15-9-16-12-5-6-14-11(8-12)7-10-3-1-2-4-13(10)14/h1-6,8H,7H2. The lowest BCUT2D eigenvalue weighted by Gasteiger charge is -2.01. The van der Waals surface area contributed by atoms with E-state index in [4.69, 9.17) is 5.26 Å². The number of benzene rings is 2. The van der Waals surface area contributed by atoms with Crippen molar-refractivity contribution < 1.29 is 0 Å². The molecule has 0 radical (unpaired) electrons. The lowest BCUT2D eigenvalue weighted by Crippen LogP contribution is -1.80. The van der Waals surface area contributed by atoms with Gasteiger partial charge in [0.2, 0.25) is 0 Å². The number of nitriles is 1. The van der Waals surface area contributed by atoms with E-state index in [1.54, 1.807) is 0 Å². The summed E-state index contributed by atoms with van der Waals surface area (Å²) in [5, 5.41) is 10.8. The van der Waals surface area contributed by atoms with E-state index in [-0.39, 0.29) is 0 Å². The summed E-state index contributed by atoms with van der Waals surface area (Å²) in [5.41, 5.74) is 5.38. The first kappa shape index (κ1) is 9.50. The third-order valence-electron chi connectivity index (χ3n) is 2.93. The van der Waals surface area contributed by atoms with Gasteiger partial charge in [0, 0.05) is 4.90 Å². The molecule has 1 aliphatic rings. The van der Waals surface area contributed by atoms with Crippen LogP contribution in [0.1, 0.15) is 11.1 Å². The number of thioether (sulfide) groups is 1. The monoisotopic (exact) mass is 223 g/mol. The fourth-order valence-corrected chi connectivity index (χ4v) is 2.68. The van der Waals surface area contributed by atoms with E-state index in [0.29, 0.717) is 0 Å². The number of hydrogen-bond donors (Lipinski definition) is 0. The van der Waals surface area contributed by atoms with E-state index in [9.17, 15) is 0 Å². The molecule has 0 spiro atoms. The van der Waals surface area contributed by atoms with Gasteiger partial charge in [-0.25, -0.2) is 0 Å². The van der Waals surface area contributed by atoms with Crippen LogP contribution in [0.5, 0.6) is 0 Å². The minimum atomic E-state index is 0.991. The average Bonchev–Trinajstić information content (AvgIpc) is 2.67. The predicted molar refractivity (Wildman–Crippen MR) is 66.2 cm³/mol. The molecule has 0 N–H and O–H groups in total. The van der Waals surface area contributed by atoms with Crippen molar-refractivity contribution in [2.24, 2.45) is 0 Å². The van der Waals surface area contributed by atoms with E-state index in [2.05, 4.69) is 41.8 Å². The molecule has 3 rings (SSSR count). The summed E-state index contributed by atoms with van der Waals surface area (Å²) in [6.45, 7) is 0. The molecule has 0 unspecified atom stereocenters. The van der Waals surface area contributed by atoms with E-state index in [1.165, 1.54) is 34.0 Å². The summed E-state index contributed by atoms with van der Waals surface area (Å²) >= 11 is 1.23. The second-order valence-electron chi connectivity index (χ2n) is 3.85. The minimum absolute atomic E-state index is 0.991. The highest BCUT2D eigenvalue weighted by atomic mass is 32.2. The molecule has 0 aromatic heterocycles. The zero-order valence-electron chi connectivity index (χ0n) is 8.60. The molecule has 2 heteroatoms. The molecular formula is C14H9NS. The molecule has 0 fully saturated rings. The second kappa shape index (κ2) is 3.70. The third-order valence-corrected chi connectivity index (χ3v) is 3.51. The maximum atomic E-state index is 8.65. The summed E-state index contributed by atoms with van der Waals surface area (Å²) in [5.74, 6) is 0. The number of rotatable bonds is 1. The Bertz CT molecular complexity index is 596. The van der Waals surface area contributed by atoms with E-state index >= 15 is 0 Å². The Kier molecular flexibility index (Phi) is 2.19. The maximum absolute atomic E-state index is 8.65. The molecule has 0 saturated carbocycles. The van der Waals surface area contributed by atoms with Gasteiger partial charge in [-0.15, -0.1) is 0 Å². The van der Waals surface area contributed by atoms with Crippen molar-refractivity contribution >= 4 is 11.8 Å². The Morgan fingerprint density at radius 1 is 1.00 bits per heavy atom. The second-order valence-corrected chi connectivity index (χ2v) is 4.70. The summed E-state index contributed by atoms with van der Waals surface area (Å²) in [6, 6.07) is 14.8. The van der Waals surface area contributed by atoms with E-state index < -0.39 is 0 Å². The summed E-state index contributed by atoms with van der Waals surface area (Å²) < 4.78 is 0. The molecule has 0 saturated heterocycles. The maximum Gasteiger partial charge on any atom is 0.138 e. The molecule has 16 heavy (non-hydrogen) atoms. The molecule has 0 bridgehead atoms. The molecule has 2 aromatic rings. The molecule has 0 heterocycles. The fourth-order valence-electron chi connectivity index (χ4n) is 2.24. The molecule has 0 aliphatic heterocycles. The van der Waals surface area contributed by atoms with Gasteiger partial charge in [0.1, 0.15) is 5.40 Å². The summed E-state index contributed by atoms with van der Waals surface area (Å²) in [7, 11) is 0. The first-order valence-electron chi connectivity index (χ1n) is 5.15. The van der Waals surface area contributed by atoms with Gasteiger partial charge in [-0.05, 0) is 52.6 Å². The van der Waals surface area contributed by atoms with Crippen LogP contribution in [0.3, 0.4) is 0 Å². The Hall–Kier alpha value is -1.72. The number of fused-ring (bicyclic) bond motifs is 3. The van der Waals surface area contributed by atoms with Crippen molar-refractivity contribution in [3.8, 4) is 16.5 Å².